The molecule has 0 aliphatic rings. The molecule has 4 aromatic rings. The van der Waals surface area contributed by atoms with Gasteiger partial charge in [-0.05, 0) is 72.5 Å². The first kappa shape index (κ1) is 22.1. The van der Waals surface area contributed by atoms with Gasteiger partial charge in [0.05, 0.1) is 17.6 Å². The summed E-state index contributed by atoms with van der Waals surface area (Å²) in [6.07, 6.45) is 1.13. The molecule has 0 spiro atoms. The van der Waals surface area contributed by atoms with Crippen LogP contribution in [0.15, 0.2) is 54.6 Å². The summed E-state index contributed by atoms with van der Waals surface area (Å²) in [6.45, 7) is 9.61. The van der Waals surface area contributed by atoms with Gasteiger partial charge in [0, 0.05) is 6.42 Å². The van der Waals surface area contributed by atoms with Crippen molar-refractivity contribution in [2.24, 2.45) is 5.41 Å². The molecule has 0 aliphatic carbocycles. The van der Waals surface area contributed by atoms with Crippen molar-refractivity contribution < 1.29 is 19.1 Å². The third-order valence-electron chi connectivity index (χ3n) is 6.47. The summed E-state index contributed by atoms with van der Waals surface area (Å²) in [5.74, 6) is -0.595. The van der Waals surface area contributed by atoms with E-state index in [0.717, 1.165) is 26.9 Å². The summed E-state index contributed by atoms with van der Waals surface area (Å²) >= 11 is 0. The molecule has 0 saturated heterocycles. The fourth-order valence-corrected chi connectivity index (χ4v) is 4.02. The molecule has 0 bridgehead atoms. The number of esters is 2. The number of benzene rings is 4. The summed E-state index contributed by atoms with van der Waals surface area (Å²) in [5.41, 5.74) is -0.731. The lowest BCUT2D eigenvalue weighted by atomic mass is 9.91. The summed E-state index contributed by atoms with van der Waals surface area (Å²) in [5, 5.41) is 6.43. The van der Waals surface area contributed by atoms with E-state index in [1.807, 2.05) is 65.0 Å². The van der Waals surface area contributed by atoms with Crippen LogP contribution in [0, 0.1) is 5.41 Å². The van der Waals surface area contributed by atoms with Crippen LogP contribution in [0.2, 0.25) is 0 Å². The van der Waals surface area contributed by atoms with Crippen molar-refractivity contribution in [2.45, 2.75) is 53.1 Å². The molecular formula is C28H30O4. The van der Waals surface area contributed by atoms with Crippen LogP contribution in [0.5, 0.6) is 0 Å². The van der Waals surface area contributed by atoms with Gasteiger partial charge in [-0.25, -0.2) is 4.79 Å². The van der Waals surface area contributed by atoms with Crippen LogP contribution in [0.4, 0.5) is 0 Å². The highest BCUT2D eigenvalue weighted by Crippen LogP contribution is 2.37. The molecule has 0 saturated carbocycles. The van der Waals surface area contributed by atoms with Gasteiger partial charge in [0.1, 0.15) is 5.60 Å². The minimum Gasteiger partial charge on any atom is -0.465 e. The Kier molecular flexibility index (Phi) is 5.58. The van der Waals surface area contributed by atoms with Gasteiger partial charge in [-0.15, -0.1) is 0 Å². The molecule has 0 aliphatic heterocycles. The SMILES string of the molecule is CCC(C)(C)C(=O)OCCC(C)(C)OC(=O)c1cc2cccc3ccc4cccc1c4c32. The second-order valence-electron chi connectivity index (χ2n) is 9.75. The van der Waals surface area contributed by atoms with Gasteiger partial charge in [0.15, 0.2) is 0 Å². The van der Waals surface area contributed by atoms with Gasteiger partial charge in [0.25, 0.3) is 0 Å². The van der Waals surface area contributed by atoms with Crippen molar-refractivity contribution in [1.29, 1.82) is 0 Å². The lowest BCUT2D eigenvalue weighted by Gasteiger charge is -2.27. The maximum absolute atomic E-state index is 13.3. The van der Waals surface area contributed by atoms with Crippen molar-refractivity contribution in [3.05, 3.63) is 60.2 Å². The van der Waals surface area contributed by atoms with Gasteiger partial charge in [-0.2, -0.15) is 0 Å². The fourth-order valence-electron chi connectivity index (χ4n) is 4.02. The summed E-state index contributed by atoms with van der Waals surface area (Å²) < 4.78 is 11.4. The van der Waals surface area contributed by atoms with E-state index in [1.165, 1.54) is 5.39 Å². The molecule has 0 amide bonds. The zero-order chi connectivity index (χ0) is 23.1. The highest BCUT2D eigenvalue weighted by molar-refractivity contribution is 6.26. The maximum Gasteiger partial charge on any atom is 0.339 e. The first-order valence-corrected chi connectivity index (χ1v) is 11.2. The third kappa shape index (κ3) is 4.02. The minimum atomic E-state index is -0.772. The third-order valence-corrected chi connectivity index (χ3v) is 6.47. The lowest BCUT2D eigenvalue weighted by Crippen LogP contribution is -2.32. The topological polar surface area (TPSA) is 52.6 Å². The van der Waals surface area contributed by atoms with Gasteiger partial charge < -0.3 is 9.47 Å². The molecular weight excluding hydrogens is 400 g/mol. The normalized spacial score (nSPS) is 12.5. The van der Waals surface area contributed by atoms with E-state index >= 15 is 0 Å². The first-order chi connectivity index (χ1) is 15.1. The molecule has 4 aromatic carbocycles. The summed E-state index contributed by atoms with van der Waals surface area (Å²) in [6, 6.07) is 18.3. The maximum atomic E-state index is 13.3. The number of hydrogen-bond donors (Lipinski definition) is 0. The van der Waals surface area contributed by atoms with Crippen LogP contribution in [-0.4, -0.2) is 24.1 Å². The second kappa shape index (κ2) is 8.09. The predicted molar refractivity (Wildman–Crippen MR) is 129 cm³/mol. The van der Waals surface area contributed by atoms with E-state index in [1.54, 1.807) is 0 Å². The molecule has 0 radical (unpaired) electrons. The van der Waals surface area contributed by atoms with Crippen molar-refractivity contribution in [2.75, 3.05) is 6.61 Å². The van der Waals surface area contributed by atoms with Crippen LogP contribution in [0.3, 0.4) is 0 Å². The Balaban J connectivity index is 1.59. The Morgan fingerprint density at radius 3 is 2.16 bits per heavy atom. The van der Waals surface area contributed by atoms with Crippen LogP contribution >= 0.6 is 0 Å². The number of hydrogen-bond acceptors (Lipinski definition) is 4. The number of carbonyl (C=O) groups is 2. The van der Waals surface area contributed by atoms with E-state index in [9.17, 15) is 9.59 Å². The molecule has 4 nitrogen and oxygen atoms in total. The van der Waals surface area contributed by atoms with Crippen LogP contribution in [0.25, 0.3) is 32.3 Å². The second-order valence-corrected chi connectivity index (χ2v) is 9.75. The average molecular weight is 431 g/mol. The van der Waals surface area contributed by atoms with Crippen LogP contribution < -0.4 is 0 Å². The molecule has 32 heavy (non-hydrogen) atoms. The zero-order valence-electron chi connectivity index (χ0n) is 19.5. The van der Waals surface area contributed by atoms with E-state index in [-0.39, 0.29) is 18.5 Å². The Morgan fingerprint density at radius 2 is 1.47 bits per heavy atom. The molecule has 0 heterocycles. The molecule has 0 atom stereocenters. The standard InChI is InChI=1S/C28H30O4/c1-6-27(2,3)26(30)31-16-15-28(4,5)32-25(29)22-17-20-11-7-9-18-13-14-19-10-8-12-21(22)24(19)23(18)20/h7-14,17H,6,15-16H2,1-5H3. The zero-order valence-corrected chi connectivity index (χ0v) is 19.5. The molecule has 0 fully saturated rings. The van der Waals surface area contributed by atoms with Gasteiger partial charge in [-0.3, -0.25) is 4.79 Å². The smallest absolute Gasteiger partial charge is 0.339 e. The number of ether oxygens (including phenoxy) is 2. The van der Waals surface area contributed by atoms with Crippen molar-refractivity contribution in [3.8, 4) is 0 Å². The van der Waals surface area contributed by atoms with Crippen molar-refractivity contribution in [3.63, 3.8) is 0 Å². The molecule has 0 N–H and O–H groups in total. The predicted octanol–water partition coefficient (Wildman–Crippen LogP) is 6.89. The van der Waals surface area contributed by atoms with Crippen molar-refractivity contribution >= 4 is 44.3 Å². The number of carbonyl (C=O) groups excluding carboxylic acids is 2. The minimum absolute atomic E-state index is 0.208. The van der Waals surface area contributed by atoms with Crippen molar-refractivity contribution in [1.82, 2.24) is 0 Å². The molecule has 4 rings (SSSR count). The molecule has 166 valence electrons. The Hall–Kier alpha value is -3.14. The largest absolute Gasteiger partial charge is 0.465 e. The highest BCUT2D eigenvalue weighted by Gasteiger charge is 2.29. The summed E-state index contributed by atoms with van der Waals surface area (Å²) in [7, 11) is 0. The van der Waals surface area contributed by atoms with E-state index in [2.05, 4.69) is 24.3 Å². The van der Waals surface area contributed by atoms with Crippen LogP contribution in [-0.2, 0) is 14.3 Å². The van der Waals surface area contributed by atoms with E-state index in [0.29, 0.717) is 18.4 Å². The first-order valence-electron chi connectivity index (χ1n) is 11.2. The monoisotopic (exact) mass is 430 g/mol. The Bertz CT molecular complexity index is 1300. The average Bonchev–Trinajstić information content (AvgIpc) is 2.76. The molecule has 4 heteroatoms. The Labute approximate surface area is 188 Å². The molecule has 0 unspecified atom stereocenters. The quantitative estimate of drug-likeness (QED) is 0.237. The number of rotatable bonds is 7. The summed E-state index contributed by atoms with van der Waals surface area (Å²) in [4.78, 5) is 25.5. The lowest BCUT2D eigenvalue weighted by molar-refractivity contribution is -0.155. The van der Waals surface area contributed by atoms with E-state index < -0.39 is 11.0 Å². The Morgan fingerprint density at radius 1 is 0.844 bits per heavy atom. The molecule has 0 aromatic heterocycles. The fraction of sp³-hybridized carbons (Fsp3) is 0.357. The van der Waals surface area contributed by atoms with E-state index in [4.69, 9.17) is 9.47 Å². The van der Waals surface area contributed by atoms with Gasteiger partial charge >= 0.3 is 11.9 Å². The van der Waals surface area contributed by atoms with Gasteiger partial charge in [0.2, 0.25) is 0 Å². The van der Waals surface area contributed by atoms with Crippen LogP contribution in [0.1, 0.15) is 57.8 Å². The van der Waals surface area contributed by atoms with Gasteiger partial charge in [-0.1, -0.05) is 55.5 Å². The highest BCUT2D eigenvalue weighted by atomic mass is 16.6.